The van der Waals surface area contributed by atoms with Crippen LogP contribution < -0.4 is 5.56 Å². The second kappa shape index (κ2) is 4.58. The molecule has 2 aromatic rings. The Kier molecular flexibility index (Phi) is 3.15. The van der Waals surface area contributed by atoms with Gasteiger partial charge in [0.15, 0.2) is 0 Å². The van der Waals surface area contributed by atoms with Gasteiger partial charge in [-0.3, -0.25) is 4.79 Å². The molecule has 1 aromatic carbocycles. The molecule has 1 aromatic heterocycles. The van der Waals surface area contributed by atoms with Crippen molar-refractivity contribution in [2.75, 3.05) is 6.26 Å². The molecule has 0 aliphatic carbocycles. The fourth-order valence-electron chi connectivity index (χ4n) is 1.61. The van der Waals surface area contributed by atoms with Crippen molar-refractivity contribution < 1.29 is 0 Å². The minimum absolute atomic E-state index is 0.0519. The molecule has 3 heteroatoms. The van der Waals surface area contributed by atoms with Crippen LogP contribution in [0.2, 0.25) is 0 Å². The van der Waals surface area contributed by atoms with E-state index < -0.39 is 0 Å². The number of hydrogen-bond acceptors (Lipinski definition) is 2. The molecule has 0 aliphatic heterocycles. The van der Waals surface area contributed by atoms with Crippen LogP contribution in [0, 0.1) is 6.92 Å². The molecule has 0 atom stereocenters. The van der Waals surface area contributed by atoms with Crippen LogP contribution in [0.4, 0.5) is 0 Å². The van der Waals surface area contributed by atoms with Crippen LogP contribution in [0.3, 0.4) is 0 Å². The normalized spacial score (nSPS) is 10.4. The number of nitrogens with one attached hydrogen (secondary N) is 1. The molecule has 0 aliphatic rings. The smallest absolute Gasteiger partial charge is 0.248 e. The van der Waals surface area contributed by atoms with E-state index >= 15 is 0 Å². The molecule has 82 valence electrons. The molecule has 1 heterocycles. The molecule has 0 bridgehead atoms. The molecule has 2 nitrogen and oxygen atoms in total. The fourth-order valence-corrected chi connectivity index (χ4v) is 2.02. The summed E-state index contributed by atoms with van der Waals surface area (Å²) in [5.41, 5.74) is 2.84. The highest BCUT2D eigenvalue weighted by Crippen LogP contribution is 2.21. The summed E-state index contributed by atoms with van der Waals surface area (Å²) in [4.78, 5) is 15.4. The van der Waals surface area contributed by atoms with Crippen molar-refractivity contribution in [1.82, 2.24) is 4.98 Å². The summed E-state index contributed by atoms with van der Waals surface area (Å²) in [7, 11) is 0. The van der Waals surface area contributed by atoms with E-state index in [9.17, 15) is 4.79 Å². The van der Waals surface area contributed by atoms with Gasteiger partial charge in [-0.15, -0.1) is 11.8 Å². The third kappa shape index (κ3) is 2.36. The summed E-state index contributed by atoms with van der Waals surface area (Å²) >= 11 is 1.71. The lowest BCUT2D eigenvalue weighted by Gasteiger charge is -2.03. The first-order chi connectivity index (χ1) is 7.69. The van der Waals surface area contributed by atoms with Crippen LogP contribution in [-0.2, 0) is 0 Å². The van der Waals surface area contributed by atoms with Crippen LogP contribution in [-0.4, -0.2) is 11.2 Å². The maximum absolute atomic E-state index is 11.3. The predicted octanol–water partition coefficient (Wildman–Crippen LogP) is 3.07. The van der Waals surface area contributed by atoms with Crippen LogP contribution >= 0.6 is 11.8 Å². The van der Waals surface area contributed by atoms with E-state index in [4.69, 9.17) is 0 Å². The van der Waals surface area contributed by atoms with Gasteiger partial charge in [-0.05, 0) is 42.5 Å². The first kappa shape index (κ1) is 11.0. The Morgan fingerprint density at radius 3 is 2.38 bits per heavy atom. The summed E-state index contributed by atoms with van der Waals surface area (Å²) in [6.45, 7) is 1.93. The summed E-state index contributed by atoms with van der Waals surface area (Å²) < 4.78 is 0. The molecule has 0 radical (unpaired) electrons. The third-order valence-electron chi connectivity index (χ3n) is 2.39. The van der Waals surface area contributed by atoms with Gasteiger partial charge in [0.25, 0.3) is 0 Å². The number of pyridine rings is 1. The number of thioether (sulfide) groups is 1. The number of aryl methyl sites for hydroxylation is 1. The third-order valence-corrected chi connectivity index (χ3v) is 3.13. The molecule has 2 rings (SSSR count). The molecule has 0 amide bonds. The Morgan fingerprint density at radius 1 is 1.12 bits per heavy atom. The number of aromatic amines is 1. The standard InChI is InChI=1S/C13H13NOS/c1-9-7-12(14-13(15)8-9)10-3-5-11(16-2)6-4-10/h3-8H,1-2H3,(H,14,15). The van der Waals surface area contributed by atoms with Crippen LogP contribution in [0.5, 0.6) is 0 Å². The summed E-state index contributed by atoms with van der Waals surface area (Å²) in [6.07, 6.45) is 2.05. The zero-order valence-corrected chi connectivity index (χ0v) is 10.1. The largest absolute Gasteiger partial charge is 0.322 e. The van der Waals surface area contributed by atoms with Gasteiger partial charge in [0.2, 0.25) is 5.56 Å². The predicted molar refractivity (Wildman–Crippen MR) is 69.0 cm³/mol. The van der Waals surface area contributed by atoms with Gasteiger partial charge < -0.3 is 4.98 Å². The van der Waals surface area contributed by atoms with E-state index in [0.29, 0.717) is 0 Å². The van der Waals surface area contributed by atoms with Crippen molar-refractivity contribution in [1.29, 1.82) is 0 Å². The van der Waals surface area contributed by atoms with Gasteiger partial charge in [0.1, 0.15) is 0 Å². The minimum atomic E-state index is -0.0519. The maximum Gasteiger partial charge on any atom is 0.248 e. The topological polar surface area (TPSA) is 32.9 Å². The van der Waals surface area contributed by atoms with Crippen LogP contribution in [0.15, 0.2) is 46.1 Å². The number of benzene rings is 1. The Labute approximate surface area is 98.7 Å². The lowest BCUT2D eigenvalue weighted by Crippen LogP contribution is -2.05. The van der Waals surface area contributed by atoms with Gasteiger partial charge in [-0.1, -0.05) is 12.1 Å². The molecular weight excluding hydrogens is 218 g/mol. The molecule has 16 heavy (non-hydrogen) atoms. The number of hydrogen-bond donors (Lipinski definition) is 1. The average molecular weight is 231 g/mol. The van der Waals surface area contributed by atoms with Crippen molar-refractivity contribution in [2.45, 2.75) is 11.8 Å². The molecular formula is C13H13NOS. The first-order valence-electron chi connectivity index (χ1n) is 5.04. The Morgan fingerprint density at radius 2 is 1.81 bits per heavy atom. The number of rotatable bonds is 2. The van der Waals surface area contributed by atoms with E-state index in [1.165, 1.54) is 4.90 Å². The van der Waals surface area contributed by atoms with Crippen molar-refractivity contribution in [2.24, 2.45) is 0 Å². The minimum Gasteiger partial charge on any atom is -0.322 e. The van der Waals surface area contributed by atoms with E-state index in [0.717, 1.165) is 16.8 Å². The second-order valence-electron chi connectivity index (χ2n) is 3.66. The summed E-state index contributed by atoms with van der Waals surface area (Å²) in [5.74, 6) is 0. The van der Waals surface area contributed by atoms with E-state index in [1.807, 2.05) is 31.4 Å². The van der Waals surface area contributed by atoms with Crippen molar-refractivity contribution in [3.63, 3.8) is 0 Å². The number of aromatic nitrogens is 1. The highest BCUT2D eigenvalue weighted by Gasteiger charge is 2.00. The van der Waals surface area contributed by atoms with Gasteiger partial charge >= 0.3 is 0 Å². The first-order valence-corrected chi connectivity index (χ1v) is 6.27. The molecule has 0 spiro atoms. The van der Waals surface area contributed by atoms with Crippen molar-refractivity contribution in [3.05, 3.63) is 52.3 Å². The van der Waals surface area contributed by atoms with Gasteiger partial charge in [0.05, 0.1) is 0 Å². The number of H-pyrrole nitrogens is 1. The molecule has 0 unspecified atom stereocenters. The Balaban J connectivity index is 2.46. The van der Waals surface area contributed by atoms with Crippen molar-refractivity contribution >= 4 is 11.8 Å². The molecule has 0 saturated heterocycles. The highest BCUT2D eigenvalue weighted by atomic mass is 32.2. The SMILES string of the molecule is CSc1ccc(-c2cc(C)cc(=O)[nH]2)cc1. The maximum atomic E-state index is 11.3. The molecule has 0 saturated carbocycles. The zero-order chi connectivity index (χ0) is 11.5. The Bertz CT molecular complexity index is 543. The average Bonchev–Trinajstić information content (AvgIpc) is 2.28. The van der Waals surface area contributed by atoms with Gasteiger partial charge in [0, 0.05) is 16.7 Å². The quantitative estimate of drug-likeness (QED) is 0.806. The zero-order valence-electron chi connectivity index (χ0n) is 9.28. The van der Waals surface area contributed by atoms with Gasteiger partial charge in [-0.2, -0.15) is 0 Å². The fraction of sp³-hybridized carbons (Fsp3) is 0.154. The van der Waals surface area contributed by atoms with Gasteiger partial charge in [-0.25, -0.2) is 0 Å². The van der Waals surface area contributed by atoms with Crippen LogP contribution in [0.25, 0.3) is 11.3 Å². The summed E-state index contributed by atoms with van der Waals surface area (Å²) in [5, 5.41) is 0. The van der Waals surface area contributed by atoms with Crippen molar-refractivity contribution in [3.8, 4) is 11.3 Å². The Hall–Kier alpha value is -1.48. The summed E-state index contributed by atoms with van der Waals surface area (Å²) in [6, 6.07) is 11.7. The van der Waals surface area contributed by atoms with E-state index in [2.05, 4.69) is 17.1 Å². The van der Waals surface area contributed by atoms with E-state index in [1.54, 1.807) is 17.8 Å². The van der Waals surface area contributed by atoms with Crippen LogP contribution in [0.1, 0.15) is 5.56 Å². The van der Waals surface area contributed by atoms with E-state index in [-0.39, 0.29) is 5.56 Å². The molecule has 0 fully saturated rings. The monoisotopic (exact) mass is 231 g/mol. The highest BCUT2D eigenvalue weighted by molar-refractivity contribution is 7.98. The lowest BCUT2D eigenvalue weighted by atomic mass is 10.1. The molecule has 1 N–H and O–H groups in total. The lowest BCUT2D eigenvalue weighted by molar-refractivity contribution is 1.21. The second-order valence-corrected chi connectivity index (χ2v) is 4.54.